The van der Waals surface area contributed by atoms with Crippen LogP contribution in [0.4, 0.5) is 13.9 Å². The summed E-state index contributed by atoms with van der Waals surface area (Å²) in [4.78, 5) is 16.6. The molecule has 0 radical (unpaired) electrons. The second-order valence-corrected chi connectivity index (χ2v) is 9.91. The molecule has 0 aliphatic rings. The third kappa shape index (κ3) is 6.92. The molecule has 0 saturated carbocycles. The summed E-state index contributed by atoms with van der Waals surface area (Å²) in [5.41, 5.74) is -0.0234. The summed E-state index contributed by atoms with van der Waals surface area (Å²) < 4.78 is 51.3. The van der Waals surface area contributed by atoms with Crippen molar-refractivity contribution >= 4 is 32.4 Å². The summed E-state index contributed by atoms with van der Waals surface area (Å²) in [5.74, 6) is -2.49. The average molecular weight is 491 g/mol. The van der Waals surface area contributed by atoms with Crippen LogP contribution in [0.3, 0.4) is 0 Å². The Morgan fingerprint density at radius 2 is 1.97 bits per heavy atom. The predicted octanol–water partition coefficient (Wildman–Crippen LogP) is 1.43. The third-order valence-corrected chi connectivity index (χ3v) is 6.74. The average Bonchev–Trinajstić information content (AvgIpc) is 3.19. The van der Waals surface area contributed by atoms with Crippen LogP contribution in [0, 0.1) is 23.0 Å². The van der Waals surface area contributed by atoms with Crippen LogP contribution < -0.4 is 9.62 Å². The first-order chi connectivity index (χ1) is 14.9. The van der Waals surface area contributed by atoms with Crippen molar-refractivity contribution in [2.75, 3.05) is 17.6 Å². The van der Waals surface area contributed by atoms with Gasteiger partial charge in [-0.3, -0.25) is 4.79 Å². The van der Waals surface area contributed by atoms with Gasteiger partial charge in [-0.15, -0.1) is 11.3 Å². The lowest BCUT2D eigenvalue weighted by Crippen LogP contribution is -2.50. The zero-order chi connectivity index (χ0) is 24.1. The second kappa shape index (κ2) is 10.8. The van der Waals surface area contributed by atoms with Crippen molar-refractivity contribution in [3.05, 3.63) is 46.5 Å². The number of anilines is 1. The van der Waals surface area contributed by atoms with Crippen molar-refractivity contribution < 1.29 is 33.6 Å². The maximum absolute atomic E-state index is 13.6. The third-order valence-electron chi connectivity index (χ3n) is 4.54. The number of carbonyl (C=O) groups excluding carboxylic acids is 1. The lowest BCUT2D eigenvalue weighted by Gasteiger charge is -2.27. The van der Waals surface area contributed by atoms with E-state index in [9.17, 15) is 32.2 Å². The normalized spacial score (nSPS) is 14.3. The first kappa shape index (κ1) is 25.6. The molecule has 1 amide bonds. The summed E-state index contributed by atoms with van der Waals surface area (Å²) in [7, 11) is -2.32. The fourth-order valence-electron chi connectivity index (χ4n) is 2.79. The highest BCUT2D eigenvalue weighted by molar-refractivity contribution is 7.92. The van der Waals surface area contributed by atoms with Crippen LogP contribution in [0.5, 0.6) is 0 Å². The molecule has 13 heteroatoms. The van der Waals surface area contributed by atoms with Gasteiger partial charge in [0.25, 0.3) is 5.91 Å². The number of sulfonamides is 1. The number of nitrogens with zero attached hydrogens (tertiary/aromatic N) is 3. The van der Waals surface area contributed by atoms with Gasteiger partial charge in [-0.1, -0.05) is 0 Å². The van der Waals surface area contributed by atoms with Crippen LogP contribution in [0.15, 0.2) is 23.6 Å². The van der Waals surface area contributed by atoms with Gasteiger partial charge in [0.1, 0.15) is 23.4 Å². The topological polar surface area (TPSA) is 144 Å². The Labute approximate surface area is 189 Å². The van der Waals surface area contributed by atoms with E-state index in [4.69, 9.17) is 5.26 Å². The number of nitrogens with one attached hydrogen (secondary N) is 1. The Kier molecular flexibility index (Phi) is 8.62. The van der Waals surface area contributed by atoms with Gasteiger partial charge in [-0.25, -0.2) is 26.5 Å². The maximum Gasteiger partial charge on any atom is 0.271 e. The number of nitriles is 1. The fraction of sp³-hybridized carbons (Fsp3) is 0.421. The molecule has 3 atom stereocenters. The summed E-state index contributed by atoms with van der Waals surface area (Å²) in [6, 6.07) is 3.37. The van der Waals surface area contributed by atoms with Crippen LogP contribution in [0.1, 0.15) is 30.3 Å². The van der Waals surface area contributed by atoms with E-state index in [1.54, 1.807) is 0 Å². The smallest absolute Gasteiger partial charge is 0.271 e. The van der Waals surface area contributed by atoms with Gasteiger partial charge < -0.3 is 15.5 Å². The SMILES string of the molecule is CN(c1nc(C(=O)NC(Cc2cc(F)cc(F)c2)C(O)C(O)CCC#N)cs1)S(C)(=O)=O.[HH]. The van der Waals surface area contributed by atoms with Crippen LogP contribution >= 0.6 is 11.3 Å². The zero-order valence-electron chi connectivity index (χ0n) is 17.2. The minimum Gasteiger partial charge on any atom is -0.390 e. The predicted molar refractivity (Wildman–Crippen MR) is 116 cm³/mol. The van der Waals surface area contributed by atoms with E-state index >= 15 is 0 Å². The number of thiazole rings is 1. The summed E-state index contributed by atoms with van der Waals surface area (Å²) in [6.07, 6.45) is -2.34. The number of aliphatic hydroxyl groups excluding tert-OH is 2. The van der Waals surface area contributed by atoms with E-state index in [0.717, 1.165) is 34.0 Å². The van der Waals surface area contributed by atoms with E-state index in [1.165, 1.54) is 12.4 Å². The van der Waals surface area contributed by atoms with Gasteiger partial charge in [0.2, 0.25) is 10.0 Å². The van der Waals surface area contributed by atoms with E-state index in [2.05, 4.69) is 10.3 Å². The van der Waals surface area contributed by atoms with Gasteiger partial charge in [0.15, 0.2) is 5.13 Å². The van der Waals surface area contributed by atoms with E-state index in [0.29, 0.717) is 6.07 Å². The van der Waals surface area contributed by atoms with Crippen LogP contribution in [-0.2, 0) is 16.4 Å². The number of amides is 1. The maximum atomic E-state index is 13.6. The Hall–Kier alpha value is -2.66. The first-order valence-electron chi connectivity index (χ1n) is 9.30. The lowest BCUT2D eigenvalue weighted by atomic mass is 9.95. The molecule has 0 bridgehead atoms. The number of aliphatic hydroxyl groups is 2. The van der Waals surface area contributed by atoms with E-state index in [1.807, 2.05) is 6.07 Å². The quantitative estimate of drug-likeness (QED) is 0.457. The number of hydrogen-bond acceptors (Lipinski definition) is 8. The molecular weight excluding hydrogens is 466 g/mol. The zero-order valence-corrected chi connectivity index (χ0v) is 18.8. The van der Waals surface area contributed by atoms with E-state index < -0.39 is 45.8 Å². The number of aromatic nitrogens is 1. The molecule has 32 heavy (non-hydrogen) atoms. The van der Waals surface area contributed by atoms with Crippen LogP contribution in [0.25, 0.3) is 0 Å². The molecular formula is C19H24F2N4O5S2. The number of hydrogen-bond donors (Lipinski definition) is 3. The number of rotatable bonds is 10. The summed E-state index contributed by atoms with van der Waals surface area (Å²) in [5, 5.41) is 33.2. The highest BCUT2D eigenvalue weighted by Crippen LogP contribution is 2.22. The second-order valence-electron chi connectivity index (χ2n) is 7.06. The monoisotopic (exact) mass is 490 g/mol. The molecule has 1 aromatic heterocycles. The fourth-order valence-corrected chi connectivity index (χ4v) is 4.32. The largest absolute Gasteiger partial charge is 0.390 e. The van der Waals surface area contributed by atoms with E-state index in [-0.39, 0.29) is 37.1 Å². The van der Waals surface area contributed by atoms with Crippen LogP contribution in [0.2, 0.25) is 0 Å². The molecule has 0 saturated heterocycles. The molecule has 3 unspecified atom stereocenters. The summed E-state index contributed by atoms with van der Waals surface area (Å²) in [6.45, 7) is 0. The molecule has 1 heterocycles. The molecule has 3 N–H and O–H groups in total. The number of benzene rings is 1. The number of halogens is 2. The molecule has 0 aliphatic carbocycles. The Balaban J connectivity index is 0.00000544. The first-order valence-corrected chi connectivity index (χ1v) is 12.0. The molecule has 2 aromatic rings. The standard InChI is InChI=1S/C19H22F2N4O5S2.H2/c1-25(32(2,29)30)19-24-15(10-31-19)18(28)23-14(17(27)16(26)4-3-5-22)8-11-6-12(20)9-13(21)7-11;/h6-7,9-10,14,16-17,26-27H,3-4,8H2,1-2H3,(H,23,28);1H. The van der Waals surface area contributed by atoms with Crippen molar-refractivity contribution in [2.45, 2.75) is 37.5 Å². The highest BCUT2D eigenvalue weighted by atomic mass is 32.2. The molecule has 176 valence electrons. The molecule has 0 spiro atoms. The molecule has 2 rings (SSSR count). The van der Waals surface area contributed by atoms with Gasteiger partial charge in [0.05, 0.1) is 24.5 Å². The molecule has 0 aliphatic heterocycles. The highest BCUT2D eigenvalue weighted by Gasteiger charge is 2.29. The van der Waals surface area contributed by atoms with Gasteiger partial charge in [-0.2, -0.15) is 5.26 Å². The lowest BCUT2D eigenvalue weighted by molar-refractivity contribution is -0.00648. The molecule has 1 aromatic carbocycles. The summed E-state index contributed by atoms with van der Waals surface area (Å²) >= 11 is 0.901. The Bertz CT molecular complexity index is 1090. The Morgan fingerprint density at radius 3 is 2.53 bits per heavy atom. The van der Waals surface area contributed by atoms with Crippen LogP contribution in [-0.4, -0.2) is 61.1 Å². The van der Waals surface area contributed by atoms with Crippen molar-refractivity contribution in [3.63, 3.8) is 0 Å². The van der Waals surface area contributed by atoms with Crippen molar-refractivity contribution in [2.24, 2.45) is 0 Å². The van der Waals surface area contributed by atoms with Gasteiger partial charge in [0, 0.05) is 26.3 Å². The van der Waals surface area contributed by atoms with Crippen molar-refractivity contribution in [1.82, 2.24) is 10.3 Å². The number of carbonyl (C=O) groups is 1. The van der Waals surface area contributed by atoms with Gasteiger partial charge in [-0.05, 0) is 30.5 Å². The van der Waals surface area contributed by atoms with Crippen molar-refractivity contribution in [1.29, 1.82) is 5.26 Å². The molecule has 9 nitrogen and oxygen atoms in total. The molecule has 0 fully saturated rings. The minimum atomic E-state index is -3.59. The van der Waals surface area contributed by atoms with Crippen molar-refractivity contribution in [3.8, 4) is 6.07 Å². The van der Waals surface area contributed by atoms with Gasteiger partial charge >= 0.3 is 0 Å². The minimum absolute atomic E-state index is 0. The Morgan fingerprint density at radius 1 is 1.34 bits per heavy atom.